The highest BCUT2D eigenvalue weighted by Crippen LogP contribution is 2.31. The number of benzene rings is 1. The summed E-state index contributed by atoms with van der Waals surface area (Å²) in [5, 5.41) is 13.4. The zero-order valence-corrected chi connectivity index (χ0v) is 11.8. The molecule has 110 valence electrons. The monoisotopic (exact) mass is 277 g/mol. The zero-order valence-electron chi connectivity index (χ0n) is 11.8. The van der Waals surface area contributed by atoms with Gasteiger partial charge >= 0.3 is 0 Å². The van der Waals surface area contributed by atoms with Gasteiger partial charge in [-0.05, 0) is 24.8 Å². The van der Waals surface area contributed by atoms with Crippen LogP contribution in [-0.4, -0.2) is 37.6 Å². The smallest absolute Gasteiger partial charge is 0.124 e. The molecule has 2 N–H and O–H groups in total. The Morgan fingerprint density at radius 1 is 1.30 bits per heavy atom. The molecule has 1 aromatic rings. The largest absolute Gasteiger partial charge is 0.493 e. The van der Waals surface area contributed by atoms with Crippen molar-refractivity contribution in [2.45, 2.75) is 31.4 Å². The summed E-state index contributed by atoms with van der Waals surface area (Å²) < 4.78 is 11.1. The third kappa shape index (κ3) is 3.72. The Labute approximate surface area is 120 Å². The highest BCUT2D eigenvalue weighted by molar-refractivity contribution is 5.37. The van der Waals surface area contributed by atoms with Crippen molar-refractivity contribution in [1.82, 2.24) is 5.32 Å². The van der Waals surface area contributed by atoms with Gasteiger partial charge in [0.15, 0.2) is 0 Å². The first-order valence-electron chi connectivity index (χ1n) is 7.54. The molecule has 1 fully saturated rings. The van der Waals surface area contributed by atoms with Crippen molar-refractivity contribution in [3.63, 3.8) is 0 Å². The van der Waals surface area contributed by atoms with E-state index in [1.807, 2.05) is 18.2 Å². The number of rotatable bonds is 7. The molecule has 20 heavy (non-hydrogen) atoms. The molecule has 0 aromatic heterocycles. The molecule has 3 rings (SSSR count). The lowest BCUT2D eigenvalue weighted by atomic mass is 10.0. The molecule has 2 atom stereocenters. The van der Waals surface area contributed by atoms with Gasteiger partial charge in [0.25, 0.3) is 0 Å². The lowest BCUT2D eigenvalue weighted by molar-refractivity contribution is 0.0305. The van der Waals surface area contributed by atoms with Gasteiger partial charge in [-0.3, -0.25) is 0 Å². The van der Waals surface area contributed by atoms with E-state index in [-0.39, 0.29) is 6.04 Å². The summed E-state index contributed by atoms with van der Waals surface area (Å²) in [6.07, 6.45) is 3.07. The first kappa shape index (κ1) is 13.9. The zero-order chi connectivity index (χ0) is 13.8. The van der Waals surface area contributed by atoms with Crippen molar-refractivity contribution in [2.24, 2.45) is 5.92 Å². The Balaban J connectivity index is 1.43. The first-order chi connectivity index (χ1) is 9.83. The number of ether oxygens (including phenoxy) is 2. The number of hydrogen-bond acceptors (Lipinski definition) is 4. The standard InChI is InChI=1S/C16H23NO3/c18-13(11-19-10-12-5-6-12)9-17-15-7-8-20-16-4-2-1-3-14(15)16/h1-4,12-13,15,17-18H,5-11H2. The molecule has 4 nitrogen and oxygen atoms in total. The number of aliphatic hydroxyl groups excluding tert-OH is 1. The van der Waals surface area contributed by atoms with Gasteiger partial charge in [0.05, 0.1) is 19.3 Å². The predicted molar refractivity (Wildman–Crippen MR) is 76.8 cm³/mol. The Morgan fingerprint density at radius 3 is 3.00 bits per heavy atom. The minimum Gasteiger partial charge on any atom is -0.493 e. The molecule has 0 amide bonds. The van der Waals surface area contributed by atoms with Gasteiger partial charge in [-0.1, -0.05) is 18.2 Å². The Hall–Kier alpha value is -1.10. The van der Waals surface area contributed by atoms with E-state index in [1.165, 1.54) is 18.4 Å². The molecular formula is C16H23NO3. The van der Waals surface area contributed by atoms with Gasteiger partial charge < -0.3 is 19.9 Å². The van der Waals surface area contributed by atoms with Crippen molar-refractivity contribution < 1.29 is 14.6 Å². The minimum atomic E-state index is -0.441. The van der Waals surface area contributed by atoms with Gasteiger partial charge in [0.1, 0.15) is 5.75 Å². The number of hydrogen-bond donors (Lipinski definition) is 2. The summed E-state index contributed by atoms with van der Waals surface area (Å²) in [5.74, 6) is 1.70. The maximum Gasteiger partial charge on any atom is 0.124 e. The topological polar surface area (TPSA) is 50.7 Å². The van der Waals surface area contributed by atoms with E-state index >= 15 is 0 Å². The average molecular weight is 277 g/mol. The van der Waals surface area contributed by atoms with E-state index in [9.17, 15) is 5.11 Å². The predicted octanol–water partition coefficient (Wildman–Crippen LogP) is 1.89. The fourth-order valence-corrected chi connectivity index (χ4v) is 2.55. The summed E-state index contributed by atoms with van der Waals surface area (Å²) in [7, 11) is 0. The van der Waals surface area contributed by atoms with E-state index in [4.69, 9.17) is 9.47 Å². The lowest BCUT2D eigenvalue weighted by Gasteiger charge is -2.27. The second kappa shape index (κ2) is 6.57. The van der Waals surface area contributed by atoms with Crippen molar-refractivity contribution >= 4 is 0 Å². The summed E-state index contributed by atoms with van der Waals surface area (Å²) in [6.45, 7) is 2.51. The van der Waals surface area contributed by atoms with Crippen molar-refractivity contribution in [1.29, 1.82) is 0 Å². The Morgan fingerprint density at radius 2 is 2.15 bits per heavy atom. The van der Waals surface area contributed by atoms with Crippen LogP contribution in [0.3, 0.4) is 0 Å². The molecule has 1 aliphatic heterocycles. The molecule has 0 radical (unpaired) electrons. The molecule has 2 unspecified atom stereocenters. The van der Waals surface area contributed by atoms with Crippen LogP contribution in [0.15, 0.2) is 24.3 Å². The van der Waals surface area contributed by atoms with Crippen molar-refractivity contribution in [2.75, 3.05) is 26.4 Å². The first-order valence-corrected chi connectivity index (χ1v) is 7.54. The van der Waals surface area contributed by atoms with Crippen molar-refractivity contribution in [3.8, 4) is 5.75 Å². The van der Waals surface area contributed by atoms with Crippen LogP contribution in [0.25, 0.3) is 0 Å². The fraction of sp³-hybridized carbons (Fsp3) is 0.625. The number of fused-ring (bicyclic) bond motifs is 1. The van der Waals surface area contributed by atoms with Crippen LogP contribution in [0.4, 0.5) is 0 Å². The van der Waals surface area contributed by atoms with Crippen LogP contribution in [0.1, 0.15) is 30.9 Å². The van der Waals surface area contributed by atoms with Crippen LogP contribution in [0.2, 0.25) is 0 Å². The summed E-state index contributed by atoms with van der Waals surface area (Å²) in [4.78, 5) is 0. The van der Waals surface area contributed by atoms with Crippen LogP contribution in [0.5, 0.6) is 5.75 Å². The maximum absolute atomic E-state index is 9.94. The van der Waals surface area contributed by atoms with Crippen LogP contribution in [-0.2, 0) is 4.74 Å². The Bertz CT molecular complexity index is 433. The second-order valence-electron chi connectivity index (χ2n) is 5.77. The fourth-order valence-electron chi connectivity index (χ4n) is 2.55. The molecule has 4 heteroatoms. The average Bonchev–Trinajstić information content (AvgIpc) is 3.29. The molecule has 1 saturated carbocycles. The molecule has 1 heterocycles. The van der Waals surface area contributed by atoms with E-state index in [1.54, 1.807) is 0 Å². The molecule has 1 aromatic carbocycles. The number of aliphatic hydroxyl groups is 1. The van der Waals surface area contributed by atoms with E-state index < -0.39 is 6.10 Å². The van der Waals surface area contributed by atoms with Crippen LogP contribution in [0, 0.1) is 5.92 Å². The third-order valence-corrected chi connectivity index (χ3v) is 3.92. The molecule has 1 aliphatic carbocycles. The van der Waals surface area contributed by atoms with Crippen LogP contribution < -0.4 is 10.1 Å². The SMILES string of the molecule is OC(CNC1CCOc2ccccc21)COCC1CC1. The molecular weight excluding hydrogens is 254 g/mol. The number of para-hydroxylation sites is 1. The van der Waals surface area contributed by atoms with Gasteiger partial charge in [0.2, 0.25) is 0 Å². The van der Waals surface area contributed by atoms with E-state index in [0.29, 0.717) is 13.2 Å². The summed E-state index contributed by atoms with van der Waals surface area (Å²) in [5.41, 5.74) is 1.19. The maximum atomic E-state index is 9.94. The van der Waals surface area contributed by atoms with Gasteiger partial charge in [-0.15, -0.1) is 0 Å². The highest BCUT2D eigenvalue weighted by Gasteiger charge is 2.23. The third-order valence-electron chi connectivity index (χ3n) is 3.92. The van der Waals surface area contributed by atoms with Crippen molar-refractivity contribution in [3.05, 3.63) is 29.8 Å². The molecule has 2 aliphatic rings. The summed E-state index contributed by atoms with van der Waals surface area (Å²) in [6, 6.07) is 8.36. The highest BCUT2D eigenvalue weighted by atomic mass is 16.5. The minimum absolute atomic E-state index is 0.262. The van der Waals surface area contributed by atoms with Crippen LogP contribution >= 0.6 is 0 Å². The van der Waals surface area contributed by atoms with Gasteiger partial charge in [-0.25, -0.2) is 0 Å². The number of nitrogens with one attached hydrogen (secondary N) is 1. The molecule has 0 saturated heterocycles. The molecule has 0 spiro atoms. The van der Waals surface area contributed by atoms with E-state index in [0.717, 1.165) is 31.3 Å². The van der Waals surface area contributed by atoms with E-state index in [2.05, 4.69) is 11.4 Å². The van der Waals surface area contributed by atoms with Gasteiger partial charge in [0, 0.05) is 31.2 Å². The molecule has 0 bridgehead atoms. The normalized spacial score (nSPS) is 22.9. The lowest BCUT2D eigenvalue weighted by Crippen LogP contribution is -2.35. The Kier molecular flexibility index (Phi) is 4.55. The quantitative estimate of drug-likeness (QED) is 0.799. The summed E-state index contributed by atoms with van der Waals surface area (Å²) >= 11 is 0. The van der Waals surface area contributed by atoms with Gasteiger partial charge in [-0.2, -0.15) is 0 Å². The second-order valence-corrected chi connectivity index (χ2v) is 5.77.